The SMILES string of the molecule is CCCCCCCCCCCCCCCCCCC(O)C(CCC)S(=O)(=O)O. The smallest absolute Gasteiger partial charge is 0.270 e. The molecule has 0 fully saturated rings. The van der Waals surface area contributed by atoms with E-state index in [4.69, 9.17) is 0 Å². The Morgan fingerprint density at radius 1 is 0.571 bits per heavy atom. The Labute approximate surface area is 175 Å². The predicted molar refractivity (Wildman–Crippen MR) is 120 cm³/mol. The van der Waals surface area contributed by atoms with Crippen LogP contribution in [0.1, 0.15) is 136 Å². The highest BCUT2D eigenvalue weighted by molar-refractivity contribution is 7.86. The molecule has 0 amide bonds. The van der Waals surface area contributed by atoms with Gasteiger partial charge in [0.1, 0.15) is 5.25 Å². The third-order valence-corrected chi connectivity index (χ3v) is 7.05. The second-order valence-corrected chi connectivity index (χ2v) is 10.1. The molecule has 4 nitrogen and oxygen atoms in total. The van der Waals surface area contributed by atoms with Crippen molar-refractivity contribution in [3.8, 4) is 0 Å². The molecular formula is C23H48O4S. The molecule has 0 aliphatic carbocycles. The first kappa shape index (κ1) is 27.9. The molecule has 0 radical (unpaired) electrons. The van der Waals surface area contributed by atoms with E-state index in [9.17, 15) is 18.1 Å². The highest BCUT2D eigenvalue weighted by Crippen LogP contribution is 2.18. The summed E-state index contributed by atoms with van der Waals surface area (Å²) < 4.78 is 31.9. The quantitative estimate of drug-likeness (QED) is 0.154. The average Bonchev–Trinajstić information content (AvgIpc) is 2.64. The van der Waals surface area contributed by atoms with Crippen molar-refractivity contribution in [3.63, 3.8) is 0 Å². The van der Waals surface area contributed by atoms with Gasteiger partial charge in [-0.2, -0.15) is 8.42 Å². The van der Waals surface area contributed by atoms with Crippen LogP contribution in [0.2, 0.25) is 0 Å². The predicted octanol–water partition coefficient (Wildman–Crippen LogP) is 7.06. The van der Waals surface area contributed by atoms with Crippen LogP contribution in [0.3, 0.4) is 0 Å². The normalized spacial score (nSPS) is 14.3. The van der Waals surface area contributed by atoms with Gasteiger partial charge in [-0.1, -0.05) is 123 Å². The number of aliphatic hydroxyl groups excluding tert-OH is 1. The Morgan fingerprint density at radius 3 is 1.25 bits per heavy atom. The number of rotatable bonds is 21. The van der Waals surface area contributed by atoms with Gasteiger partial charge in [0, 0.05) is 0 Å². The number of unbranched alkanes of at least 4 members (excludes halogenated alkanes) is 15. The molecule has 5 heteroatoms. The highest BCUT2D eigenvalue weighted by atomic mass is 32.2. The van der Waals surface area contributed by atoms with Crippen molar-refractivity contribution in [2.75, 3.05) is 0 Å². The van der Waals surface area contributed by atoms with Crippen LogP contribution in [0.25, 0.3) is 0 Å². The molecule has 0 aliphatic rings. The van der Waals surface area contributed by atoms with Gasteiger partial charge in [-0.15, -0.1) is 0 Å². The van der Waals surface area contributed by atoms with Gasteiger partial charge in [-0.05, 0) is 12.8 Å². The van der Waals surface area contributed by atoms with Crippen molar-refractivity contribution >= 4 is 10.1 Å². The summed E-state index contributed by atoms with van der Waals surface area (Å²) in [5.74, 6) is 0. The van der Waals surface area contributed by atoms with E-state index in [-0.39, 0.29) is 0 Å². The van der Waals surface area contributed by atoms with Crippen LogP contribution in [-0.2, 0) is 10.1 Å². The molecule has 2 unspecified atom stereocenters. The maximum Gasteiger partial charge on any atom is 0.270 e. The van der Waals surface area contributed by atoms with E-state index >= 15 is 0 Å². The van der Waals surface area contributed by atoms with Crippen molar-refractivity contribution in [2.45, 2.75) is 147 Å². The van der Waals surface area contributed by atoms with Crippen molar-refractivity contribution < 1.29 is 18.1 Å². The molecule has 0 spiro atoms. The topological polar surface area (TPSA) is 74.6 Å². The summed E-state index contributed by atoms with van der Waals surface area (Å²) in [5, 5.41) is 9.03. The molecule has 0 aromatic carbocycles. The number of aliphatic hydroxyl groups is 1. The Hall–Kier alpha value is -0.130. The third-order valence-electron chi connectivity index (χ3n) is 5.74. The lowest BCUT2D eigenvalue weighted by molar-refractivity contribution is 0.147. The highest BCUT2D eigenvalue weighted by Gasteiger charge is 2.29. The molecule has 28 heavy (non-hydrogen) atoms. The zero-order valence-electron chi connectivity index (χ0n) is 18.7. The Bertz CT molecular complexity index is 422. The summed E-state index contributed by atoms with van der Waals surface area (Å²) in [5.41, 5.74) is 0. The minimum Gasteiger partial charge on any atom is -0.392 e. The second kappa shape index (κ2) is 18.9. The Morgan fingerprint density at radius 2 is 0.929 bits per heavy atom. The van der Waals surface area contributed by atoms with E-state index in [1.54, 1.807) is 0 Å². The fourth-order valence-corrected chi connectivity index (χ4v) is 4.98. The van der Waals surface area contributed by atoms with Crippen molar-refractivity contribution in [1.29, 1.82) is 0 Å². The van der Waals surface area contributed by atoms with Crippen LogP contribution in [0.5, 0.6) is 0 Å². The van der Waals surface area contributed by atoms with Crippen LogP contribution in [-0.4, -0.2) is 29.4 Å². The minimum atomic E-state index is -4.15. The van der Waals surface area contributed by atoms with Crippen LogP contribution >= 0.6 is 0 Å². The molecule has 0 bridgehead atoms. The molecule has 0 heterocycles. The van der Waals surface area contributed by atoms with E-state index in [0.717, 1.165) is 19.3 Å². The van der Waals surface area contributed by atoms with E-state index in [1.807, 2.05) is 6.92 Å². The lowest BCUT2D eigenvalue weighted by Gasteiger charge is -2.19. The molecular weight excluding hydrogens is 372 g/mol. The maximum atomic E-state index is 11.3. The summed E-state index contributed by atoms with van der Waals surface area (Å²) in [4.78, 5) is 0. The molecule has 0 saturated carbocycles. The minimum absolute atomic E-state index is 0.318. The van der Waals surface area contributed by atoms with Gasteiger partial charge < -0.3 is 5.11 Å². The van der Waals surface area contributed by atoms with Gasteiger partial charge in [-0.3, -0.25) is 4.55 Å². The van der Waals surface area contributed by atoms with E-state index in [1.165, 1.54) is 83.5 Å². The fraction of sp³-hybridized carbons (Fsp3) is 1.00. The van der Waals surface area contributed by atoms with E-state index in [2.05, 4.69) is 6.92 Å². The molecule has 170 valence electrons. The molecule has 0 rings (SSSR count). The molecule has 2 N–H and O–H groups in total. The average molecular weight is 421 g/mol. The lowest BCUT2D eigenvalue weighted by Crippen LogP contribution is -2.33. The van der Waals surface area contributed by atoms with Crippen molar-refractivity contribution in [1.82, 2.24) is 0 Å². The van der Waals surface area contributed by atoms with Gasteiger partial charge in [-0.25, -0.2) is 0 Å². The van der Waals surface area contributed by atoms with E-state index < -0.39 is 21.5 Å². The Balaban J connectivity index is 3.41. The molecule has 0 aromatic rings. The summed E-state index contributed by atoms with van der Waals surface area (Å²) in [7, 11) is -4.15. The molecule has 0 aliphatic heterocycles. The van der Waals surface area contributed by atoms with Gasteiger partial charge in [0.25, 0.3) is 10.1 Å². The zero-order valence-corrected chi connectivity index (χ0v) is 19.5. The summed E-state index contributed by atoms with van der Waals surface area (Å²) >= 11 is 0. The maximum absolute atomic E-state index is 11.3. The largest absolute Gasteiger partial charge is 0.392 e. The first-order chi connectivity index (χ1) is 13.4. The fourth-order valence-electron chi connectivity index (χ4n) is 3.91. The third kappa shape index (κ3) is 16.8. The summed E-state index contributed by atoms with van der Waals surface area (Å²) in [6.45, 7) is 4.13. The summed E-state index contributed by atoms with van der Waals surface area (Å²) in [6.07, 6.45) is 21.2. The van der Waals surface area contributed by atoms with Crippen molar-refractivity contribution in [2.24, 2.45) is 0 Å². The van der Waals surface area contributed by atoms with Crippen LogP contribution in [0.15, 0.2) is 0 Å². The van der Waals surface area contributed by atoms with Crippen LogP contribution < -0.4 is 0 Å². The van der Waals surface area contributed by atoms with Gasteiger partial charge >= 0.3 is 0 Å². The van der Waals surface area contributed by atoms with Gasteiger partial charge in [0.15, 0.2) is 0 Å². The monoisotopic (exact) mass is 420 g/mol. The first-order valence-electron chi connectivity index (χ1n) is 12.1. The van der Waals surface area contributed by atoms with Crippen LogP contribution in [0, 0.1) is 0 Å². The van der Waals surface area contributed by atoms with Gasteiger partial charge in [0.05, 0.1) is 6.10 Å². The molecule has 0 saturated heterocycles. The first-order valence-corrected chi connectivity index (χ1v) is 13.6. The number of hydrogen-bond donors (Lipinski definition) is 2. The van der Waals surface area contributed by atoms with E-state index in [0.29, 0.717) is 19.3 Å². The summed E-state index contributed by atoms with van der Waals surface area (Å²) in [6, 6.07) is 0. The zero-order chi connectivity index (χ0) is 21.1. The van der Waals surface area contributed by atoms with Crippen molar-refractivity contribution in [3.05, 3.63) is 0 Å². The molecule has 2 atom stereocenters. The van der Waals surface area contributed by atoms with Gasteiger partial charge in [0.2, 0.25) is 0 Å². The molecule has 0 aromatic heterocycles. The lowest BCUT2D eigenvalue weighted by atomic mass is 10.0. The second-order valence-electron chi connectivity index (χ2n) is 8.50. The number of hydrogen-bond acceptors (Lipinski definition) is 3. The van der Waals surface area contributed by atoms with Crippen LogP contribution in [0.4, 0.5) is 0 Å². The standard InChI is InChI=1S/C23H48O4S/c1-3-5-6-7-8-9-10-11-12-13-14-15-16-17-18-19-21-22(24)23(20-4-2)28(25,26)27/h22-24H,3-21H2,1-2H3,(H,25,26,27). The Kier molecular flexibility index (Phi) is 18.8.